The summed E-state index contributed by atoms with van der Waals surface area (Å²) in [6.07, 6.45) is 0.136. The summed E-state index contributed by atoms with van der Waals surface area (Å²) in [5.41, 5.74) is 1.18. The Morgan fingerprint density at radius 2 is 1.75 bits per heavy atom. The minimum absolute atomic E-state index is 0.0572. The monoisotopic (exact) mass is 411 g/mol. The second-order valence-corrected chi connectivity index (χ2v) is 6.48. The topological polar surface area (TPSA) is 55.8 Å². The Labute approximate surface area is 166 Å². The molecule has 28 heavy (non-hydrogen) atoms. The highest BCUT2D eigenvalue weighted by Crippen LogP contribution is 2.29. The molecule has 0 N–H and O–H groups in total. The van der Waals surface area contributed by atoms with Crippen LogP contribution in [0.3, 0.4) is 0 Å². The van der Waals surface area contributed by atoms with Gasteiger partial charge in [0.1, 0.15) is 0 Å². The van der Waals surface area contributed by atoms with Crippen molar-refractivity contribution in [2.45, 2.75) is 26.0 Å². The van der Waals surface area contributed by atoms with Gasteiger partial charge in [0.25, 0.3) is 0 Å². The van der Waals surface area contributed by atoms with E-state index in [4.69, 9.17) is 16.3 Å². The summed E-state index contributed by atoms with van der Waals surface area (Å²) >= 11 is 5.79. The van der Waals surface area contributed by atoms with Crippen LogP contribution in [0.15, 0.2) is 42.5 Å². The minimum Gasteiger partial charge on any atom is -0.493 e. The summed E-state index contributed by atoms with van der Waals surface area (Å²) in [5, 5.41) is 0.535. The van der Waals surface area contributed by atoms with Crippen LogP contribution in [-0.2, 0) is 11.3 Å². The van der Waals surface area contributed by atoms with Gasteiger partial charge in [-0.25, -0.2) is 0 Å². The molecule has 2 aromatic carbocycles. The number of benzene rings is 2. The summed E-state index contributed by atoms with van der Waals surface area (Å²) in [7, 11) is 2.94. The number of rotatable bonds is 9. The molecule has 0 radical (unpaired) electrons. The molecule has 0 bridgehead atoms. The molecule has 150 valence electrons. The van der Waals surface area contributed by atoms with Crippen LogP contribution in [0.5, 0.6) is 11.5 Å². The number of amides is 1. The van der Waals surface area contributed by atoms with Crippen molar-refractivity contribution in [3.05, 3.63) is 58.6 Å². The highest BCUT2D eigenvalue weighted by Gasteiger charge is 2.15. The zero-order chi connectivity index (χ0) is 20.7. The van der Waals surface area contributed by atoms with E-state index < -0.39 is 6.61 Å². The number of hydrogen-bond donors (Lipinski definition) is 0. The number of Topliss-reactive ketones (excluding diaryl/α,β-unsaturated/α-hetero) is 1. The van der Waals surface area contributed by atoms with Gasteiger partial charge in [-0.2, -0.15) is 8.78 Å². The predicted molar refractivity (Wildman–Crippen MR) is 101 cm³/mol. The van der Waals surface area contributed by atoms with Crippen molar-refractivity contribution >= 4 is 23.3 Å². The quantitative estimate of drug-likeness (QED) is 0.567. The van der Waals surface area contributed by atoms with Gasteiger partial charge in [0.2, 0.25) is 5.91 Å². The molecule has 0 heterocycles. The lowest BCUT2D eigenvalue weighted by atomic mass is 10.1. The molecule has 0 unspecified atom stereocenters. The van der Waals surface area contributed by atoms with Gasteiger partial charge >= 0.3 is 6.61 Å². The standard InChI is InChI=1S/C20H20ClF2NO4/c1-24(12-13-3-9-17(28-20(22)23)18(11-13)27-2)19(26)10-8-16(25)14-4-6-15(21)7-5-14/h3-7,9,11,20H,8,10,12H2,1-2H3. The third-order valence-electron chi connectivity index (χ3n) is 4.02. The van der Waals surface area contributed by atoms with Crippen LogP contribution in [0.25, 0.3) is 0 Å². The maximum absolute atomic E-state index is 12.4. The van der Waals surface area contributed by atoms with Crippen LogP contribution in [0.1, 0.15) is 28.8 Å². The van der Waals surface area contributed by atoms with Crippen LogP contribution < -0.4 is 9.47 Å². The first-order valence-corrected chi connectivity index (χ1v) is 8.82. The molecule has 1 amide bonds. The number of ketones is 1. The van der Waals surface area contributed by atoms with E-state index in [1.807, 2.05) is 0 Å². The van der Waals surface area contributed by atoms with Crippen molar-refractivity contribution in [3.63, 3.8) is 0 Å². The van der Waals surface area contributed by atoms with Crippen molar-refractivity contribution < 1.29 is 27.8 Å². The van der Waals surface area contributed by atoms with E-state index in [1.54, 1.807) is 37.4 Å². The van der Waals surface area contributed by atoms with E-state index in [-0.39, 0.29) is 42.6 Å². The molecule has 8 heteroatoms. The molecule has 5 nitrogen and oxygen atoms in total. The number of halogens is 3. The summed E-state index contributed by atoms with van der Waals surface area (Å²) in [4.78, 5) is 25.9. The lowest BCUT2D eigenvalue weighted by Gasteiger charge is -2.18. The minimum atomic E-state index is -2.96. The van der Waals surface area contributed by atoms with E-state index in [0.717, 1.165) is 0 Å². The molecule has 0 aliphatic rings. The number of ether oxygens (including phenoxy) is 2. The SMILES string of the molecule is COc1cc(CN(C)C(=O)CCC(=O)c2ccc(Cl)cc2)ccc1OC(F)F. The first kappa shape index (κ1) is 21.6. The molecular weight excluding hydrogens is 392 g/mol. The number of carbonyl (C=O) groups excluding carboxylic acids is 2. The maximum atomic E-state index is 12.4. The van der Waals surface area contributed by atoms with Crippen LogP contribution in [0.4, 0.5) is 8.78 Å². The molecule has 0 spiro atoms. The zero-order valence-corrected chi connectivity index (χ0v) is 16.2. The molecule has 0 aromatic heterocycles. The highest BCUT2D eigenvalue weighted by atomic mass is 35.5. The maximum Gasteiger partial charge on any atom is 0.387 e. The molecule has 2 aromatic rings. The molecular formula is C20H20ClF2NO4. The second-order valence-electron chi connectivity index (χ2n) is 6.04. The zero-order valence-electron chi connectivity index (χ0n) is 15.5. The lowest BCUT2D eigenvalue weighted by Crippen LogP contribution is -2.26. The van der Waals surface area contributed by atoms with Gasteiger partial charge in [0.05, 0.1) is 7.11 Å². The first-order chi connectivity index (χ1) is 13.3. The summed E-state index contributed by atoms with van der Waals surface area (Å²) in [5.74, 6) is -0.289. The van der Waals surface area contributed by atoms with Gasteiger partial charge in [-0.3, -0.25) is 9.59 Å². The van der Waals surface area contributed by atoms with Gasteiger partial charge in [-0.1, -0.05) is 17.7 Å². The van der Waals surface area contributed by atoms with E-state index >= 15 is 0 Å². The average molecular weight is 412 g/mol. The number of alkyl halides is 2. The Morgan fingerprint density at radius 3 is 2.36 bits per heavy atom. The molecule has 0 aliphatic carbocycles. The normalized spacial score (nSPS) is 10.6. The van der Waals surface area contributed by atoms with Crippen LogP contribution in [0.2, 0.25) is 5.02 Å². The van der Waals surface area contributed by atoms with Gasteiger partial charge in [0, 0.05) is 37.0 Å². The highest BCUT2D eigenvalue weighted by molar-refractivity contribution is 6.30. The van der Waals surface area contributed by atoms with Crippen molar-refractivity contribution in [1.82, 2.24) is 4.90 Å². The molecule has 0 fully saturated rings. The molecule has 0 saturated carbocycles. The fraction of sp³-hybridized carbons (Fsp3) is 0.300. The third kappa shape index (κ3) is 6.20. The number of hydrogen-bond acceptors (Lipinski definition) is 4. The van der Waals surface area contributed by atoms with Gasteiger partial charge < -0.3 is 14.4 Å². The smallest absolute Gasteiger partial charge is 0.387 e. The van der Waals surface area contributed by atoms with Gasteiger partial charge in [-0.15, -0.1) is 0 Å². The van der Waals surface area contributed by atoms with E-state index in [2.05, 4.69) is 4.74 Å². The fourth-order valence-electron chi connectivity index (χ4n) is 2.56. The predicted octanol–water partition coefficient (Wildman–Crippen LogP) is 4.57. The van der Waals surface area contributed by atoms with Crippen molar-refractivity contribution in [1.29, 1.82) is 0 Å². The Balaban J connectivity index is 1.92. The number of nitrogens with zero attached hydrogens (tertiary/aromatic N) is 1. The molecule has 0 saturated heterocycles. The third-order valence-corrected chi connectivity index (χ3v) is 4.27. The van der Waals surface area contributed by atoms with Gasteiger partial charge in [0.15, 0.2) is 17.3 Å². The van der Waals surface area contributed by atoms with Crippen LogP contribution >= 0.6 is 11.6 Å². The fourth-order valence-corrected chi connectivity index (χ4v) is 2.68. The van der Waals surface area contributed by atoms with Crippen LogP contribution in [-0.4, -0.2) is 37.4 Å². The lowest BCUT2D eigenvalue weighted by molar-refractivity contribution is -0.130. The molecule has 0 atom stereocenters. The van der Waals surface area contributed by atoms with Crippen molar-refractivity contribution in [3.8, 4) is 11.5 Å². The Hall–Kier alpha value is -2.67. The van der Waals surface area contributed by atoms with Crippen molar-refractivity contribution in [2.75, 3.05) is 14.2 Å². The molecule has 2 rings (SSSR count). The van der Waals surface area contributed by atoms with Crippen LogP contribution in [0, 0.1) is 0 Å². The number of methoxy groups -OCH3 is 1. The largest absolute Gasteiger partial charge is 0.493 e. The Bertz CT molecular complexity index is 827. The van der Waals surface area contributed by atoms with Crippen molar-refractivity contribution in [2.24, 2.45) is 0 Å². The van der Waals surface area contributed by atoms with Gasteiger partial charge in [-0.05, 0) is 42.0 Å². The Morgan fingerprint density at radius 1 is 1.07 bits per heavy atom. The summed E-state index contributed by atoms with van der Waals surface area (Å²) in [6.45, 7) is -2.72. The Kier molecular flexibility index (Phi) is 7.75. The summed E-state index contributed by atoms with van der Waals surface area (Å²) in [6, 6.07) is 10.9. The summed E-state index contributed by atoms with van der Waals surface area (Å²) < 4.78 is 34.2. The second kappa shape index (κ2) is 10.0. The average Bonchev–Trinajstić information content (AvgIpc) is 2.67. The van der Waals surface area contributed by atoms with E-state index in [0.29, 0.717) is 16.1 Å². The molecule has 0 aliphatic heterocycles. The van der Waals surface area contributed by atoms with E-state index in [9.17, 15) is 18.4 Å². The van der Waals surface area contributed by atoms with E-state index in [1.165, 1.54) is 24.1 Å². The number of carbonyl (C=O) groups is 2. The first-order valence-electron chi connectivity index (χ1n) is 8.44.